The number of aromatic nitrogens is 2. The molecule has 0 bridgehead atoms. The first kappa shape index (κ1) is 24.0. The molecular weight excluding hydrogens is 473 g/mol. The number of halogens is 1. The Kier molecular flexibility index (Phi) is 7.02. The predicted molar refractivity (Wildman–Crippen MR) is 140 cm³/mol. The minimum Gasteiger partial charge on any atom is -0.466 e. The van der Waals surface area contributed by atoms with Crippen LogP contribution in [0.15, 0.2) is 36.5 Å². The van der Waals surface area contributed by atoms with Crippen molar-refractivity contribution < 1.29 is 13.9 Å². The van der Waals surface area contributed by atoms with E-state index in [0.717, 1.165) is 72.2 Å². The standard InChI is InChI=1S/C29H34FN3O2S/c30-21-16-22(17-21)35-29-32-26-18-33(14-11-28(26)36-29)13-10-19-6-8-20(9-7-19)15-27(34)24-3-1-5-25-23(24)4-2-12-31-25/h1-5,12,19-22H,6-11,13-18H2. The Bertz CT molecular complexity index is 1210. The van der Waals surface area contributed by atoms with Gasteiger partial charge in [-0.25, -0.2) is 9.37 Å². The molecule has 0 radical (unpaired) electrons. The second-order valence-electron chi connectivity index (χ2n) is 10.9. The highest BCUT2D eigenvalue weighted by Crippen LogP contribution is 2.36. The smallest absolute Gasteiger partial charge is 0.273 e. The van der Waals surface area contributed by atoms with Gasteiger partial charge < -0.3 is 4.74 Å². The van der Waals surface area contributed by atoms with Gasteiger partial charge in [0.1, 0.15) is 12.3 Å². The van der Waals surface area contributed by atoms with Crippen molar-refractivity contribution in [2.24, 2.45) is 11.8 Å². The van der Waals surface area contributed by atoms with Gasteiger partial charge in [0.2, 0.25) is 0 Å². The molecular formula is C29H34FN3O2S. The summed E-state index contributed by atoms with van der Waals surface area (Å²) in [6, 6.07) is 9.78. The van der Waals surface area contributed by atoms with Crippen LogP contribution in [0.3, 0.4) is 0 Å². The molecule has 3 heterocycles. The van der Waals surface area contributed by atoms with E-state index in [1.54, 1.807) is 17.5 Å². The van der Waals surface area contributed by atoms with E-state index in [1.807, 2.05) is 30.3 Å². The summed E-state index contributed by atoms with van der Waals surface area (Å²) in [7, 11) is 0. The van der Waals surface area contributed by atoms with Crippen LogP contribution in [0.2, 0.25) is 0 Å². The average Bonchev–Trinajstić information content (AvgIpc) is 3.29. The number of ketones is 1. The van der Waals surface area contributed by atoms with Crippen LogP contribution in [0, 0.1) is 11.8 Å². The summed E-state index contributed by atoms with van der Waals surface area (Å²) >= 11 is 1.65. The fourth-order valence-corrected chi connectivity index (χ4v) is 6.99. The molecule has 6 rings (SSSR count). The van der Waals surface area contributed by atoms with E-state index in [-0.39, 0.29) is 11.9 Å². The summed E-state index contributed by atoms with van der Waals surface area (Å²) in [5, 5.41) is 1.70. The first-order valence-electron chi connectivity index (χ1n) is 13.5. The number of hydrogen-bond acceptors (Lipinski definition) is 6. The number of hydrogen-bond donors (Lipinski definition) is 0. The lowest BCUT2D eigenvalue weighted by Gasteiger charge is -2.31. The molecule has 0 saturated heterocycles. The molecule has 0 N–H and O–H groups in total. The van der Waals surface area contributed by atoms with Gasteiger partial charge >= 0.3 is 0 Å². The van der Waals surface area contributed by atoms with E-state index in [0.29, 0.717) is 25.2 Å². The van der Waals surface area contributed by atoms with Gasteiger partial charge in [-0.15, -0.1) is 0 Å². The van der Waals surface area contributed by atoms with Crippen molar-refractivity contribution in [1.82, 2.24) is 14.9 Å². The highest BCUT2D eigenvalue weighted by atomic mass is 32.1. The lowest BCUT2D eigenvalue weighted by Crippen LogP contribution is -2.34. The molecule has 5 nitrogen and oxygen atoms in total. The molecule has 0 unspecified atom stereocenters. The molecule has 3 aliphatic rings. The molecule has 190 valence electrons. The molecule has 7 heteroatoms. The van der Waals surface area contributed by atoms with Crippen molar-refractivity contribution in [3.63, 3.8) is 0 Å². The molecule has 2 aliphatic carbocycles. The van der Waals surface area contributed by atoms with Crippen molar-refractivity contribution in [2.75, 3.05) is 13.1 Å². The Morgan fingerprint density at radius 2 is 1.94 bits per heavy atom. The van der Waals surface area contributed by atoms with Crippen LogP contribution >= 0.6 is 11.3 Å². The fourth-order valence-electron chi connectivity index (χ4n) is 6.02. The Hall–Kier alpha value is -2.38. The summed E-state index contributed by atoms with van der Waals surface area (Å²) in [4.78, 5) is 26.0. The molecule has 2 fully saturated rings. The van der Waals surface area contributed by atoms with Crippen LogP contribution in [0.4, 0.5) is 4.39 Å². The van der Waals surface area contributed by atoms with Crippen LogP contribution in [-0.4, -0.2) is 46.0 Å². The lowest BCUT2D eigenvalue weighted by molar-refractivity contribution is 0.0406. The van der Waals surface area contributed by atoms with E-state index in [9.17, 15) is 9.18 Å². The number of pyridine rings is 1. The highest BCUT2D eigenvalue weighted by molar-refractivity contribution is 7.13. The van der Waals surface area contributed by atoms with Crippen molar-refractivity contribution in [2.45, 2.75) is 76.6 Å². The normalized spacial score (nSPS) is 26.4. The maximum atomic E-state index is 13.1. The number of carbonyl (C=O) groups is 1. The molecule has 0 amide bonds. The van der Waals surface area contributed by atoms with Crippen LogP contribution in [0.1, 0.15) is 72.3 Å². The summed E-state index contributed by atoms with van der Waals surface area (Å²) < 4.78 is 18.9. The van der Waals surface area contributed by atoms with Gasteiger partial charge in [-0.1, -0.05) is 42.4 Å². The molecule has 2 aromatic heterocycles. The second kappa shape index (κ2) is 10.5. The van der Waals surface area contributed by atoms with Crippen molar-refractivity contribution in [3.8, 4) is 5.19 Å². The first-order chi connectivity index (χ1) is 17.6. The van der Waals surface area contributed by atoms with Gasteiger partial charge in [0.25, 0.3) is 5.19 Å². The van der Waals surface area contributed by atoms with Crippen LogP contribution in [0.5, 0.6) is 5.19 Å². The molecule has 36 heavy (non-hydrogen) atoms. The number of nitrogens with zero attached hydrogens (tertiary/aromatic N) is 3. The van der Waals surface area contributed by atoms with E-state index >= 15 is 0 Å². The van der Waals surface area contributed by atoms with Crippen molar-refractivity contribution >= 4 is 28.0 Å². The molecule has 2 saturated carbocycles. The molecule has 1 aromatic carbocycles. The zero-order valence-electron chi connectivity index (χ0n) is 20.7. The van der Waals surface area contributed by atoms with Gasteiger partial charge in [-0.3, -0.25) is 14.7 Å². The molecule has 0 atom stereocenters. The number of rotatable bonds is 8. The summed E-state index contributed by atoms with van der Waals surface area (Å²) in [5.74, 6) is 1.51. The fraction of sp³-hybridized carbons (Fsp3) is 0.552. The second-order valence-corrected chi connectivity index (χ2v) is 11.9. The molecule has 3 aromatic rings. The number of carbonyl (C=O) groups excluding carboxylic acids is 1. The number of thiazole rings is 1. The number of benzene rings is 1. The third-order valence-corrected chi connectivity index (χ3v) is 9.38. The minimum absolute atomic E-state index is 0.0122. The topological polar surface area (TPSA) is 55.3 Å². The Morgan fingerprint density at radius 1 is 1.11 bits per heavy atom. The highest BCUT2D eigenvalue weighted by Gasteiger charge is 2.32. The maximum Gasteiger partial charge on any atom is 0.273 e. The number of fused-ring (bicyclic) bond motifs is 2. The third-order valence-electron chi connectivity index (χ3n) is 8.33. The summed E-state index contributed by atoms with van der Waals surface area (Å²) in [6.07, 6.45) is 9.76. The minimum atomic E-state index is -0.697. The van der Waals surface area contributed by atoms with Crippen LogP contribution in [0.25, 0.3) is 10.9 Å². The molecule has 0 spiro atoms. The van der Waals surface area contributed by atoms with E-state index in [4.69, 9.17) is 9.72 Å². The first-order valence-corrected chi connectivity index (χ1v) is 14.3. The van der Waals surface area contributed by atoms with Gasteiger partial charge in [0.15, 0.2) is 5.78 Å². The SMILES string of the molecule is O=C(CC1CCC(CCN2CCc3sc(OC4CC(F)C4)nc3C2)CC1)c1cccc2ncccc12. The maximum absolute atomic E-state index is 13.1. The predicted octanol–water partition coefficient (Wildman–Crippen LogP) is 6.40. The van der Waals surface area contributed by atoms with Crippen LogP contribution in [-0.2, 0) is 13.0 Å². The summed E-state index contributed by atoms with van der Waals surface area (Å²) in [6.45, 7) is 3.08. The number of ether oxygens (including phenoxy) is 1. The van der Waals surface area contributed by atoms with E-state index in [2.05, 4.69) is 9.88 Å². The Morgan fingerprint density at radius 3 is 2.78 bits per heavy atom. The monoisotopic (exact) mass is 507 g/mol. The van der Waals surface area contributed by atoms with Crippen molar-refractivity contribution in [3.05, 3.63) is 52.7 Å². The van der Waals surface area contributed by atoms with Gasteiger partial charge in [-0.2, -0.15) is 0 Å². The quantitative estimate of drug-likeness (QED) is 0.330. The lowest BCUT2D eigenvalue weighted by atomic mass is 9.78. The Labute approximate surface area is 216 Å². The van der Waals surface area contributed by atoms with Gasteiger partial charge in [-0.05, 0) is 56.2 Å². The molecule has 1 aliphatic heterocycles. The van der Waals surface area contributed by atoms with E-state index < -0.39 is 6.17 Å². The summed E-state index contributed by atoms with van der Waals surface area (Å²) in [5.41, 5.74) is 2.87. The zero-order chi connectivity index (χ0) is 24.5. The third kappa shape index (κ3) is 5.32. The van der Waals surface area contributed by atoms with Gasteiger partial charge in [0.05, 0.1) is 11.2 Å². The van der Waals surface area contributed by atoms with Crippen molar-refractivity contribution in [1.29, 1.82) is 0 Å². The number of Topliss-reactive ketones (excluding diaryl/α,β-unsaturated/α-hetero) is 1. The largest absolute Gasteiger partial charge is 0.466 e. The Balaban J connectivity index is 0.948. The average molecular weight is 508 g/mol. The van der Waals surface area contributed by atoms with Gasteiger partial charge in [0, 0.05) is 54.4 Å². The van der Waals surface area contributed by atoms with Crippen LogP contribution < -0.4 is 4.74 Å². The zero-order valence-corrected chi connectivity index (χ0v) is 21.5. The van der Waals surface area contributed by atoms with E-state index in [1.165, 1.54) is 24.1 Å². The number of alkyl halides is 1.